The standard InChI is InChI=1S/C13H14ClNO2/c1-2-10(14)8-15-13(16)12-7-9-5-3-4-6-11(9)17-12/h3-7,10H,2,8H2,1H3,(H,15,16). The van der Waals surface area contributed by atoms with Gasteiger partial charge in [-0.25, -0.2) is 0 Å². The van der Waals surface area contributed by atoms with Crippen molar-refractivity contribution in [2.75, 3.05) is 6.54 Å². The van der Waals surface area contributed by atoms with Crippen LogP contribution in [0.2, 0.25) is 0 Å². The summed E-state index contributed by atoms with van der Waals surface area (Å²) in [5.41, 5.74) is 0.718. The number of halogens is 1. The Morgan fingerprint density at radius 2 is 2.24 bits per heavy atom. The fourth-order valence-electron chi connectivity index (χ4n) is 1.53. The first-order chi connectivity index (χ1) is 8.20. The number of para-hydroxylation sites is 1. The Hall–Kier alpha value is -1.48. The lowest BCUT2D eigenvalue weighted by Crippen LogP contribution is -2.29. The van der Waals surface area contributed by atoms with Crippen LogP contribution in [0, 0.1) is 0 Å². The van der Waals surface area contributed by atoms with E-state index in [9.17, 15) is 4.79 Å². The Bertz CT molecular complexity index is 488. The number of carbonyl (C=O) groups is 1. The van der Waals surface area contributed by atoms with Crippen molar-refractivity contribution in [3.63, 3.8) is 0 Å². The summed E-state index contributed by atoms with van der Waals surface area (Å²) in [5, 5.41) is 3.63. The summed E-state index contributed by atoms with van der Waals surface area (Å²) >= 11 is 5.93. The molecule has 0 radical (unpaired) electrons. The van der Waals surface area contributed by atoms with Gasteiger partial charge in [-0.1, -0.05) is 25.1 Å². The number of rotatable bonds is 4. The predicted octanol–water partition coefficient (Wildman–Crippen LogP) is 3.18. The van der Waals surface area contributed by atoms with E-state index >= 15 is 0 Å². The number of benzene rings is 1. The van der Waals surface area contributed by atoms with Gasteiger partial charge in [0.2, 0.25) is 0 Å². The fraction of sp³-hybridized carbons (Fsp3) is 0.308. The highest BCUT2D eigenvalue weighted by Gasteiger charge is 2.12. The largest absolute Gasteiger partial charge is 0.451 e. The molecule has 1 aromatic carbocycles. The van der Waals surface area contributed by atoms with E-state index < -0.39 is 0 Å². The number of carbonyl (C=O) groups excluding carboxylic acids is 1. The van der Waals surface area contributed by atoms with Crippen molar-refractivity contribution in [1.29, 1.82) is 0 Å². The van der Waals surface area contributed by atoms with Crippen LogP contribution in [0.25, 0.3) is 11.0 Å². The van der Waals surface area contributed by atoms with Crippen molar-refractivity contribution in [3.05, 3.63) is 36.1 Å². The number of hydrogen-bond donors (Lipinski definition) is 1. The van der Waals surface area contributed by atoms with E-state index in [-0.39, 0.29) is 11.3 Å². The molecule has 0 aliphatic carbocycles. The minimum Gasteiger partial charge on any atom is -0.451 e. The SMILES string of the molecule is CCC(Cl)CNC(=O)c1cc2ccccc2o1. The van der Waals surface area contributed by atoms with E-state index in [0.29, 0.717) is 12.3 Å². The highest BCUT2D eigenvalue weighted by Crippen LogP contribution is 2.18. The highest BCUT2D eigenvalue weighted by molar-refractivity contribution is 6.20. The summed E-state index contributed by atoms with van der Waals surface area (Å²) in [6.45, 7) is 2.43. The van der Waals surface area contributed by atoms with Crippen molar-refractivity contribution in [2.24, 2.45) is 0 Å². The third kappa shape index (κ3) is 2.80. The molecule has 1 unspecified atom stereocenters. The molecule has 1 aromatic heterocycles. The smallest absolute Gasteiger partial charge is 0.287 e. The number of nitrogens with one attached hydrogen (secondary N) is 1. The van der Waals surface area contributed by atoms with E-state index in [0.717, 1.165) is 17.4 Å². The zero-order valence-corrected chi connectivity index (χ0v) is 10.3. The molecular weight excluding hydrogens is 238 g/mol. The zero-order valence-electron chi connectivity index (χ0n) is 9.57. The third-order valence-corrected chi connectivity index (χ3v) is 3.04. The normalized spacial score (nSPS) is 12.6. The van der Waals surface area contributed by atoms with Crippen LogP contribution in [0.1, 0.15) is 23.9 Å². The molecule has 0 saturated carbocycles. The maximum Gasteiger partial charge on any atom is 0.287 e. The van der Waals surface area contributed by atoms with Crippen LogP contribution < -0.4 is 5.32 Å². The molecule has 0 saturated heterocycles. The predicted molar refractivity (Wildman–Crippen MR) is 68.5 cm³/mol. The number of alkyl halides is 1. The maximum atomic E-state index is 11.8. The molecule has 0 spiro atoms. The Kier molecular flexibility index (Phi) is 3.69. The second kappa shape index (κ2) is 5.23. The van der Waals surface area contributed by atoms with Crippen LogP contribution in [0.4, 0.5) is 0 Å². The van der Waals surface area contributed by atoms with E-state index in [1.54, 1.807) is 6.07 Å². The third-order valence-electron chi connectivity index (χ3n) is 2.58. The summed E-state index contributed by atoms with van der Waals surface area (Å²) in [6, 6.07) is 9.26. The van der Waals surface area contributed by atoms with Gasteiger partial charge in [0.1, 0.15) is 5.58 Å². The lowest BCUT2D eigenvalue weighted by Gasteiger charge is -2.06. The number of fused-ring (bicyclic) bond motifs is 1. The first-order valence-corrected chi connectivity index (χ1v) is 6.05. The molecule has 4 heteroatoms. The summed E-state index contributed by atoms with van der Waals surface area (Å²) < 4.78 is 5.44. The molecule has 17 heavy (non-hydrogen) atoms. The van der Waals surface area contributed by atoms with E-state index in [2.05, 4.69) is 5.32 Å². The van der Waals surface area contributed by atoms with E-state index in [4.69, 9.17) is 16.0 Å². The minimum absolute atomic E-state index is 0.0386. The van der Waals surface area contributed by atoms with Gasteiger partial charge in [-0.15, -0.1) is 11.6 Å². The van der Waals surface area contributed by atoms with Crippen LogP contribution >= 0.6 is 11.6 Å². The van der Waals surface area contributed by atoms with Gasteiger partial charge >= 0.3 is 0 Å². The van der Waals surface area contributed by atoms with Gasteiger partial charge in [-0.05, 0) is 18.6 Å². The van der Waals surface area contributed by atoms with E-state index in [1.165, 1.54) is 0 Å². The Morgan fingerprint density at radius 3 is 2.94 bits per heavy atom. The average Bonchev–Trinajstić information content (AvgIpc) is 2.79. The monoisotopic (exact) mass is 251 g/mol. The van der Waals surface area contributed by atoms with Gasteiger partial charge in [0, 0.05) is 11.9 Å². The molecule has 2 rings (SSSR count). The molecule has 1 atom stereocenters. The van der Waals surface area contributed by atoms with Gasteiger partial charge in [0.25, 0.3) is 5.91 Å². The van der Waals surface area contributed by atoms with Gasteiger partial charge in [0.05, 0.1) is 5.38 Å². The lowest BCUT2D eigenvalue weighted by atomic mass is 10.2. The van der Waals surface area contributed by atoms with Crippen LogP contribution in [0.15, 0.2) is 34.7 Å². The van der Waals surface area contributed by atoms with Gasteiger partial charge in [0.15, 0.2) is 5.76 Å². The molecule has 0 fully saturated rings. The zero-order chi connectivity index (χ0) is 12.3. The second-order valence-corrected chi connectivity index (χ2v) is 4.48. The quantitative estimate of drug-likeness (QED) is 0.848. The molecular formula is C13H14ClNO2. The Labute approximate surface area is 105 Å². The molecule has 1 N–H and O–H groups in total. The molecule has 3 nitrogen and oxygen atoms in total. The van der Waals surface area contributed by atoms with Crippen molar-refractivity contribution in [1.82, 2.24) is 5.32 Å². The van der Waals surface area contributed by atoms with Crippen LogP contribution in [-0.2, 0) is 0 Å². The van der Waals surface area contributed by atoms with Gasteiger partial charge in [-0.3, -0.25) is 4.79 Å². The molecule has 0 bridgehead atoms. The lowest BCUT2D eigenvalue weighted by molar-refractivity contribution is 0.0928. The molecule has 1 heterocycles. The van der Waals surface area contributed by atoms with Crippen molar-refractivity contribution < 1.29 is 9.21 Å². The second-order valence-electron chi connectivity index (χ2n) is 3.86. The van der Waals surface area contributed by atoms with Gasteiger partial charge in [-0.2, -0.15) is 0 Å². The summed E-state index contributed by atoms with van der Waals surface area (Å²) in [7, 11) is 0. The average molecular weight is 252 g/mol. The summed E-state index contributed by atoms with van der Waals surface area (Å²) in [5.74, 6) is 0.103. The Morgan fingerprint density at radius 1 is 1.47 bits per heavy atom. The van der Waals surface area contributed by atoms with Crippen molar-refractivity contribution >= 4 is 28.5 Å². The first-order valence-electron chi connectivity index (χ1n) is 5.61. The van der Waals surface area contributed by atoms with Crippen LogP contribution in [0.5, 0.6) is 0 Å². The molecule has 1 amide bonds. The summed E-state index contributed by atoms with van der Waals surface area (Å²) in [6.07, 6.45) is 0.821. The van der Waals surface area contributed by atoms with Crippen molar-refractivity contribution in [2.45, 2.75) is 18.7 Å². The Balaban J connectivity index is 2.08. The van der Waals surface area contributed by atoms with Gasteiger partial charge < -0.3 is 9.73 Å². The molecule has 0 aliphatic rings. The summed E-state index contributed by atoms with van der Waals surface area (Å²) in [4.78, 5) is 11.8. The van der Waals surface area contributed by atoms with Crippen LogP contribution in [0.3, 0.4) is 0 Å². The van der Waals surface area contributed by atoms with Crippen molar-refractivity contribution in [3.8, 4) is 0 Å². The topological polar surface area (TPSA) is 42.2 Å². The number of amides is 1. The molecule has 0 aliphatic heterocycles. The number of hydrogen-bond acceptors (Lipinski definition) is 2. The molecule has 90 valence electrons. The molecule has 2 aromatic rings. The maximum absolute atomic E-state index is 11.8. The minimum atomic E-state index is -0.222. The van der Waals surface area contributed by atoms with Crippen LogP contribution in [-0.4, -0.2) is 17.8 Å². The van der Waals surface area contributed by atoms with E-state index in [1.807, 2.05) is 31.2 Å². The first kappa shape index (κ1) is 12.0. The highest BCUT2D eigenvalue weighted by atomic mass is 35.5. The fourth-order valence-corrected chi connectivity index (χ4v) is 1.61. The number of furan rings is 1.